The van der Waals surface area contributed by atoms with Crippen LogP contribution < -0.4 is 10.1 Å². The topological polar surface area (TPSA) is 38.3 Å². The molecule has 1 N–H and O–H groups in total. The second kappa shape index (κ2) is 8.17. The number of nitrogens with one attached hydrogen (secondary N) is 1. The molecule has 0 radical (unpaired) electrons. The molecular formula is C16H14ClF2NO2S. The molecule has 0 unspecified atom stereocenters. The first-order valence-electron chi connectivity index (χ1n) is 6.71. The van der Waals surface area contributed by atoms with E-state index in [1.165, 1.54) is 24.9 Å². The molecule has 0 aliphatic rings. The van der Waals surface area contributed by atoms with E-state index in [1.54, 1.807) is 18.2 Å². The molecule has 0 aliphatic carbocycles. The number of halogens is 3. The Morgan fingerprint density at radius 2 is 2.00 bits per heavy atom. The van der Waals surface area contributed by atoms with Crippen molar-refractivity contribution in [1.29, 1.82) is 0 Å². The number of thioether (sulfide) groups is 1. The van der Waals surface area contributed by atoms with Gasteiger partial charge in [0.15, 0.2) is 11.6 Å². The molecule has 1 amide bonds. The van der Waals surface area contributed by atoms with Crippen LogP contribution in [0.25, 0.3) is 0 Å². The summed E-state index contributed by atoms with van der Waals surface area (Å²) < 4.78 is 30.9. The van der Waals surface area contributed by atoms with Crippen LogP contribution in [0.2, 0.25) is 5.02 Å². The molecule has 2 rings (SSSR count). The molecule has 23 heavy (non-hydrogen) atoms. The van der Waals surface area contributed by atoms with E-state index in [2.05, 4.69) is 5.32 Å². The van der Waals surface area contributed by atoms with Crippen molar-refractivity contribution in [1.82, 2.24) is 0 Å². The van der Waals surface area contributed by atoms with Crippen molar-refractivity contribution in [3.8, 4) is 5.75 Å². The average molecular weight is 358 g/mol. The van der Waals surface area contributed by atoms with Crippen LogP contribution >= 0.6 is 23.4 Å². The Labute approximate surface area is 142 Å². The number of rotatable bonds is 6. The Bertz CT molecular complexity index is 712. The normalized spacial score (nSPS) is 10.4. The van der Waals surface area contributed by atoms with Crippen LogP contribution in [0, 0.1) is 11.6 Å². The minimum absolute atomic E-state index is 0.193. The van der Waals surface area contributed by atoms with Crippen LogP contribution in [0.3, 0.4) is 0 Å². The molecule has 122 valence electrons. The lowest BCUT2D eigenvalue weighted by atomic mass is 10.3. The third kappa shape index (κ3) is 5.11. The van der Waals surface area contributed by atoms with Crippen LogP contribution in [0.1, 0.15) is 6.42 Å². The highest BCUT2D eigenvalue weighted by Crippen LogP contribution is 2.27. The first kappa shape index (κ1) is 17.6. The number of carbonyl (C=O) groups excluding carboxylic acids is 1. The lowest BCUT2D eigenvalue weighted by molar-refractivity contribution is -0.115. The van der Waals surface area contributed by atoms with Gasteiger partial charge in [-0.1, -0.05) is 11.6 Å². The zero-order valence-electron chi connectivity index (χ0n) is 12.2. The van der Waals surface area contributed by atoms with Gasteiger partial charge in [-0.3, -0.25) is 4.79 Å². The van der Waals surface area contributed by atoms with Gasteiger partial charge in [-0.2, -0.15) is 0 Å². The van der Waals surface area contributed by atoms with Crippen molar-refractivity contribution in [3.05, 3.63) is 53.1 Å². The molecule has 0 saturated carbocycles. The third-order valence-electron chi connectivity index (χ3n) is 2.92. The molecule has 2 aromatic rings. The van der Waals surface area contributed by atoms with Gasteiger partial charge in [0.25, 0.3) is 0 Å². The Balaban J connectivity index is 1.83. The molecule has 0 spiro atoms. The summed E-state index contributed by atoms with van der Waals surface area (Å²) >= 11 is 7.26. The minimum atomic E-state index is -0.896. The molecule has 0 saturated heterocycles. The number of hydrogen-bond donors (Lipinski definition) is 1. The van der Waals surface area contributed by atoms with Crippen molar-refractivity contribution in [2.75, 3.05) is 18.2 Å². The zero-order valence-corrected chi connectivity index (χ0v) is 13.8. The average Bonchev–Trinajstić information content (AvgIpc) is 2.51. The maximum absolute atomic E-state index is 13.1. The van der Waals surface area contributed by atoms with E-state index in [0.29, 0.717) is 27.1 Å². The van der Waals surface area contributed by atoms with Crippen LogP contribution in [-0.2, 0) is 4.79 Å². The Morgan fingerprint density at radius 3 is 2.65 bits per heavy atom. The summed E-state index contributed by atoms with van der Waals surface area (Å²) in [7, 11) is 1.51. The highest BCUT2D eigenvalue weighted by Gasteiger charge is 2.07. The number of anilines is 1. The Hall–Kier alpha value is -1.79. The van der Waals surface area contributed by atoms with E-state index in [0.717, 1.165) is 12.1 Å². The molecule has 7 heteroatoms. The first-order chi connectivity index (χ1) is 11.0. The molecule has 0 atom stereocenters. The summed E-state index contributed by atoms with van der Waals surface area (Å²) in [6.07, 6.45) is 0.229. The molecule has 0 aromatic heterocycles. The third-order valence-corrected chi connectivity index (χ3v) is 4.22. The van der Waals surface area contributed by atoms with Crippen molar-refractivity contribution in [2.24, 2.45) is 0 Å². The summed E-state index contributed by atoms with van der Waals surface area (Å²) in [5.74, 6) is -1.00. The minimum Gasteiger partial charge on any atom is -0.495 e. The monoisotopic (exact) mass is 357 g/mol. The quantitative estimate of drug-likeness (QED) is 0.758. The van der Waals surface area contributed by atoms with Gasteiger partial charge in [0.05, 0.1) is 12.1 Å². The van der Waals surface area contributed by atoms with Crippen molar-refractivity contribution in [3.63, 3.8) is 0 Å². The maximum atomic E-state index is 13.1. The lowest BCUT2D eigenvalue weighted by Crippen LogP contribution is -2.12. The van der Waals surface area contributed by atoms with Gasteiger partial charge in [-0.05, 0) is 36.4 Å². The Morgan fingerprint density at radius 1 is 1.22 bits per heavy atom. The second-order valence-electron chi connectivity index (χ2n) is 4.57. The van der Waals surface area contributed by atoms with Crippen LogP contribution in [0.15, 0.2) is 41.3 Å². The van der Waals surface area contributed by atoms with Gasteiger partial charge in [0.2, 0.25) is 5.91 Å². The maximum Gasteiger partial charge on any atom is 0.225 e. The van der Waals surface area contributed by atoms with E-state index in [-0.39, 0.29) is 12.3 Å². The standard InChI is InChI=1S/C16H14ClF2NO2S/c1-22-15-5-2-10(8-12(15)17)20-16(21)6-7-23-11-3-4-13(18)14(19)9-11/h2-5,8-9H,6-7H2,1H3,(H,20,21). The summed E-state index contributed by atoms with van der Waals surface area (Å²) in [6.45, 7) is 0. The van der Waals surface area contributed by atoms with E-state index >= 15 is 0 Å². The highest BCUT2D eigenvalue weighted by atomic mass is 35.5. The van der Waals surface area contributed by atoms with Crippen molar-refractivity contribution in [2.45, 2.75) is 11.3 Å². The number of carbonyl (C=O) groups is 1. The Kier molecular flexibility index (Phi) is 6.24. The lowest BCUT2D eigenvalue weighted by Gasteiger charge is -2.08. The molecule has 0 fully saturated rings. The predicted molar refractivity (Wildman–Crippen MR) is 88.3 cm³/mol. The summed E-state index contributed by atoms with van der Waals surface area (Å²) in [6, 6.07) is 8.60. The van der Waals surface area contributed by atoms with Crippen LogP contribution in [0.5, 0.6) is 5.75 Å². The smallest absolute Gasteiger partial charge is 0.225 e. The van der Waals surface area contributed by atoms with Gasteiger partial charge >= 0.3 is 0 Å². The van der Waals surface area contributed by atoms with E-state index < -0.39 is 11.6 Å². The number of ether oxygens (including phenoxy) is 1. The number of amides is 1. The van der Waals surface area contributed by atoms with Crippen LogP contribution in [0.4, 0.5) is 14.5 Å². The molecule has 3 nitrogen and oxygen atoms in total. The fraction of sp³-hybridized carbons (Fsp3) is 0.188. The zero-order chi connectivity index (χ0) is 16.8. The molecule has 0 bridgehead atoms. The van der Waals surface area contributed by atoms with E-state index in [4.69, 9.17) is 16.3 Å². The SMILES string of the molecule is COc1ccc(NC(=O)CCSc2ccc(F)c(F)c2)cc1Cl. The summed E-state index contributed by atoms with van der Waals surface area (Å²) in [4.78, 5) is 12.4. The molecule has 0 aliphatic heterocycles. The van der Waals surface area contributed by atoms with E-state index in [1.807, 2.05) is 0 Å². The van der Waals surface area contributed by atoms with Gasteiger partial charge < -0.3 is 10.1 Å². The molecular weight excluding hydrogens is 344 g/mol. The van der Waals surface area contributed by atoms with Crippen LogP contribution in [-0.4, -0.2) is 18.8 Å². The molecule has 0 heterocycles. The van der Waals surface area contributed by atoms with Gasteiger partial charge in [-0.15, -0.1) is 11.8 Å². The fourth-order valence-corrected chi connectivity index (χ4v) is 2.93. The van der Waals surface area contributed by atoms with Crippen molar-refractivity contribution >= 4 is 35.0 Å². The van der Waals surface area contributed by atoms with Gasteiger partial charge in [0, 0.05) is 22.8 Å². The molecule has 2 aromatic carbocycles. The van der Waals surface area contributed by atoms with Gasteiger partial charge in [0.1, 0.15) is 5.75 Å². The number of benzene rings is 2. The summed E-state index contributed by atoms with van der Waals surface area (Å²) in [5, 5.41) is 3.12. The predicted octanol–water partition coefficient (Wildman–Crippen LogP) is 4.75. The number of methoxy groups -OCH3 is 1. The fourth-order valence-electron chi connectivity index (χ4n) is 1.80. The largest absolute Gasteiger partial charge is 0.495 e. The first-order valence-corrected chi connectivity index (χ1v) is 8.07. The highest BCUT2D eigenvalue weighted by molar-refractivity contribution is 7.99. The summed E-state index contributed by atoms with van der Waals surface area (Å²) in [5.41, 5.74) is 0.568. The number of hydrogen-bond acceptors (Lipinski definition) is 3. The van der Waals surface area contributed by atoms with Crippen molar-refractivity contribution < 1.29 is 18.3 Å². The van der Waals surface area contributed by atoms with E-state index in [9.17, 15) is 13.6 Å². The second-order valence-corrected chi connectivity index (χ2v) is 6.15. The van der Waals surface area contributed by atoms with Gasteiger partial charge in [-0.25, -0.2) is 8.78 Å².